The Morgan fingerprint density at radius 1 is 1.33 bits per heavy atom. The van der Waals surface area contributed by atoms with Crippen molar-refractivity contribution in [2.24, 2.45) is 11.3 Å². The molecule has 0 radical (unpaired) electrons. The molecule has 15 heavy (non-hydrogen) atoms. The van der Waals surface area contributed by atoms with Crippen molar-refractivity contribution in [2.75, 3.05) is 18.4 Å². The third kappa shape index (κ3) is 3.78. The zero-order valence-electron chi connectivity index (χ0n) is 10.1. The molecule has 3 heteroatoms. The fourth-order valence-electron chi connectivity index (χ4n) is 2.30. The van der Waals surface area contributed by atoms with E-state index in [0.29, 0.717) is 10.7 Å². The molecule has 1 unspecified atom stereocenters. The number of likely N-dealkylation sites (tertiary alicyclic amines) is 1. The minimum absolute atomic E-state index is 0.240. The monoisotopic (exact) mass is 275 g/mol. The van der Waals surface area contributed by atoms with E-state index in [1.165, 1.54) is 6.42 Å². The largest absolute Gasteiger partial charge is 0.342 e. The highest BCUT2D eigenvalue weighted by Crippen LogP contribution is 2.34. The van der Waals surface area contributed by atoms with Gasteiger partial charge in [-0.1, -0.05) is 36.7 Å². The molecule has 1 aliphatic rings. The summed E-state index contributed by atoms with van der Waals surface area (Å²) in [5.74, 6) is 0.996. The quantitative estimate of drug-likeness (QED) is 0.674. The van der Waals surface area contributed by atoms with Gasteiger partial charge in [0.05, 0.1) is 5.33 Å². The Balaban J connectivity index is 2.52. The number of amides is 1. The van der Waals surface area contributed by atoms with Crippen LogP contribution in [0, 0.1) is 11.3 Å². The molecule has 88 valence electrons. The van der Waals surface area contributed by atoms with Crippen LogP contribution in [0.1, 0.15) is 40.0 Å². The molecule has 0 aromatic rings. The highest BCUT2D eigenvalue weighted by molar-refractivity contribution is 9.09. The van der Waals surface area contributed by atoms with Crippen LogP contribution in [0.25, 0.3) is 0 Å². The minimum Gasteiger partial charge on any atom is -0.342 e. The molecule has 0 aliphatic carbocycles. The maximum absolute atomic E-state index is 11.6. The second-order valence-electron chi connectivity index (χ2n) is 5.51. The third-order valence-corrected chi connectivity index (χ3v) is 3.90. The second-order valence-corrected chi connectivity index (χ2v) is 6.07. The van der Waals surface area contributed by atoms with E-state index in [-0.39, 0.29) is 5.91 Å². The van der Waals surface area contributed by atoms with E-state index >= 15 is 0 Å². The Bertz CT molecular complexity index is 222. The highest BCUT2D eigenvalue weighted by Gasteiger charge is 2.27. The molecule has 1 amide bonds. The molecule has 1 saturated heterocycles. The van der Waals surface area contributed by atoms with Gasteiger partial charge in [0.2, 0.25) is 5.91 Å². The number of carbonyl (C=O) groups excluding carboxylic acids is 1. The number of carbonyl (C=O) groups is 1. The molecule has 1 rings (SSSR count). The molecular formula is C12H22BrNO. The van der Waals surface area contributed by atoms with E-state index in [1.54, 1.807) is 0 Å². The zero-order valence-corrected chi connectivity index (χ0v) is 11.6. The van der Waals surface area contributed by atoms with Gasteiger partial charge >= 0.3 is 0 Å². The molecule has 0 aromatic carbocycles. The SMILES string of the molecule is CC(C)(C)C1CCCN(C(=O)CBr)CC1. The second kappa shape index (κ2) is 5.33. The van der Waals surface area contributed by atoms with Crippen LogP contribution in [0.15, 0.2) is 0 Å². The van der Waals surface area contributed by atoms with Gasteiger partial charge in [-0.3, -0.25) is 4.79 Å². The van der Waals surface area contributed by atoms with E-state index in [0.717, 1.165) is 31.8 Å². The van der Waals surface area contributed by atoms with Crippen LogP contribution < -0.4 is 0 Å². The van der Waals surface area contributed by atoms with Crippen molar-refractivity contribution in [3.8, 4) is 0 Å². The first-order valence-corrected chi connectivity index (χ1v) is 6.91. The van der Waals surface area contributed by atoms with Crippen molar-refractivity contribution in [2.45, 2.75) is 40.0 Å². The summed E-state index contributed by atoms with van der Waals surface area (Å²) in [6.07, 6.45) is 3.57. The third-order valence-electron chi connectivity index (χ3n) is 3.42. The fraction of sp³-hybridized carbons (Fsp3) is 0.917. The minimum atomic E-state index is 0.240. The van der Waals surface area contributed by atoms with E-state index < -0.39 is 0 Å². The topological polar surface area (TPSA) is 20.3 Å². The van der Waals surface area contributed by atoms with Gasteiger partial charge in [-0.2, -0.15) is 0 Å². The van der Waals surface area contributed by atoms with Gasteiger partial charge in [-0.15, -0.1) is 0 Å². The lowest BCUT2D eigenvalue weighted by Gasteiger charge is -2.29. The number of halogens is 1. The number of hydrogen-bond acceptors (Lipinski definition) is 1. The predicted octanol–water partition coefficient (Wildman–Crippen LogP) is 3.06. The van der Waals surface area contributed by atoms with Crippen LogP contribution in [-0.4, -0.2) is 29.2 Å². The van der Waals surface area contributed by atoms with Gasteiger partial charge < -0.3 is 4.90 Å². The zero-order chi connectivity index (χ0) is 11.5. The maximum atomic E-state index is 11.6. The Hall–Kier alpha value is -0.0500. The first kappa shape index (κ1) is 13.0. The fourth-order valence-corrected chi connectivity index (χ4v) is 2.65. The van der Waals surface area contributed by atoms with E-state index in [9.17, 15) is 4.79 Å². The Morgan fingerprint density at radius 2 is 2.00 bits per heavy atom. The Kier molecular flexibility index (Phi) is 4.63. The van der Waals surface area contributed by atoms with Crippen molar-refractivity contribution in [1.29, 1.82) is 0 Å². The molecule has 0 saturated carbocycles. The molecule has 2 nitrogen and oxygen atoms in total. The molecule has 0 spiro atoms. The predicted molar refractivity (Wildman–Crippen MR) is 67.2 cm³/mol. The van der Waals surface area contributed by atoms with Crippen LogP contribution in [0.4, 0.5) is 0 Å². The van der Waals surface area contributed by atoms with Crippen molar-refractivity contribution in [3.63, 3.8) is 0 Å². The van der Waals surface area contributed by atoms with Crippen molar-refractivity contribution in [1.82, 2.24) is 4.90 Å². The summed E-state index contributed by atoms with van der Waals surface area (Å²) in [5, 5.41) is 0.465. The lowest BCUT2D eigenvalue weighted by atomic mass is 9.77. The molecular weight excluding hydrogens is 254 g/mol. The number of alkyl halides is 1. The van der Waals surface area contributed by atoms with Crippen molar-refractivity contribution in [3.05, 3.63) is 0 Å². The van der Waals surface area contributed by atoms with Crippen molar-refractivity contribution >= 4 is 21.8 Å². The molecule has 0 N–H and O–H groups in total. The normalized spacial score (nSPS) is 23.7. The van der Waals surface area contributed by atoms with Crippen LogP contribution >= 0.6 is 15.9 Å². The average molecular weight is 276 g/mol. The summed E-state index contributed by atoms with van der Waals surface area (Å²) < 4.78 is 0. The lowest BCUT2D eigenvalue weighted by Crippen LogP contribution is -2.33. The van der Waals surface area contributed by atoms with E-state index in [1.807, 2.05) is 4.90 Å². The van der Waals surface area contributed by atoms with Gasteiger partial charge in [0.25, 0.3) is 0 Å². The van der Waals surface area contributed by atoms with Gasteiger partial charge in [0, 0.05) is 13.1 Å². The van der Waals surface area contributed by atoms with Crippen molar-refractivity contribution < 1.29 is 4.79 Å². The molecule has 0 aromatic heterocycles. The van der Waals surface area contributed by atoms with Crippen LogP contribution in [-0.2, 0) is 4.79 Å². The molecule has 1 fully saturated rings. The van der Waals surface area contributed by atoms with Gasteiger partial charge in [-0.25, -0.2) is 0 Å². The molecule has 1 atom stereocenters. The summed E-state index contributed by atoms with van der Waals surface area (Å²) in [6, 6.07) is 0. The lowest BCUT2D eigenvalue weighted by molar-refractivity contribution is -0.128. The maximum Gasteiger partial charge on any atom is 0.233 e. The molecule has 1 heterocycles. The van der Waals surface area contributed by atoms with Gasteiger partial charge in [0.15, 0.2) is 0 Å². The number of nitrogens with zero attached hydrogens (tertiary/aromatic N) is 1. The smallest absolute Gasteiger partial charge is 0.233 e. The van der Waals surface area contributed by atoms with E-state index in [4.69, 9.17) is 0 Å². The summed E-state index contributed by atoms with van der Waals surface area (Å²) >= 11 is 3.24. The number of hydrogen-bond donors (Lipinski definition) is 0. The standard InChI is InChI=1S/C12H22BrNO/c1-12(2,3)10-5-4-7-14(8-6-10)11(15)9-13/h10H,4-9H2,1-3H3. The van der Waals surface area contributed by atoms with Crippen LogP contribution in [0.2, 0.25) is 0 Å². The molecule has 0 bridgehead atoms. The van der Waals surface area contributed by atoms with E-state index in [2.05, 4.69) is 36.7 Å². The summed E-state index contributed by atoms with van der Waals surface area (Å²) in [6.45, 7) is 8.79. The van der Waals surface area contributed by atoms with Crippen LogP contribution in [0.5, 0.6) is 0 Å². The Labute approximate surface area is 102 Å². The average Bonchev–Trinajstić information content (AvgIpc) is 2.40. The molecule has 1 aliphatic heterocycles. The first-order chi connectivity index (χ1) is 6.95. The highest BCUT2D eigenvalue weighted by atomic mass is 79.9. The first-order valence-electron chi connectivity index (χ1n) is 5.79. The number of rotatable bonds is 1. The summed E-state index contributed by atoms with van der Waals surface area (Å²) in [5.41, 5.74) is 0.382. The summed E-state index contributed by atoms with van der Waals surface area (Å²) in [4.78, 5) is 13.6. The Morgan fingerprint density at radius 3 is 2.53 bits per heavy atom. The van der Waals surface area contributed by atoms with Crippen LogP contribution in [0.3, 0.4) is 0 Å². The summed E-state index contributed by atoms with van der Waals surface area (Å²) in [7, 11) is 0. The van der Waals surface area contributed by atoms with Gasteiger partial charge in [-0.05, 0) is 30.6 Å². The van der Waals surface area contributed by atoms with Gasteiger partial charge in [0.1, 0.15) is 0 Å².